The summed E-state index contributed by atoms with van der Waals surface area (Å²) in [6, 6.07) is 10.3. The number of halogens is 4. The Kier molecular flexibility index (Phi) is 7.04. The maximum atomic E-state index is 12.8. The van der Waals surface area contributed by atoms with Crippen LogP contribution in [0.5, 0.6) is 0 Å². The third kappa shape index (κ3) is 5.46. The maximum Gasteiger partial charge on any atom is 0.451 e. The summed E-state index contributed by atoms with van der Waals surface area (Å²) >= 11 is 0. The molecule has 31 heavy (non-hydrogen) atoms. The van der Waals surface area contributed by atoms with Crippen molar-refractivity contribution in [2.75, 3.05) is 19.7 Å². The van der Waals surface area contributed by atoms with Crippen molar-refractivity contribution in [3.05, 3.63) is 71.4 Å². The molecule has 2 aromatic heterocycles. The van der Waals surface area contributed by atoms with Gasteiger partial charge in [0.25, 0.3) is 0 Å². The van der Waals surface area contributed by atoms with E-state index < -0.39 is 12.0 Å². The Morgan fingerprint density at radius 1 is 1.19 bits per heavy atom. The van der Waals surface area contributed by atoms with Gasteiger partial charge in [-0.2, -0.15) is 18.3 Å². The molecule has 0 saturated carbocycles. The Bertz CT molecular complexity index is 1030. The maximum absolute atomic E-state index is 12.8. The van der Waals surface area contributed by atoms with Gasteiger partial charge in [0.05, 0.1) is 12.7 Å². The summed E-state index contributed by atoms with van der Waals surface area (Å²) in [6.45, 7) is 2.24. The predicted octanol–water partition coefficient (Wildman–Crippen LogP) is 3.19. The molecular formula is C20H19ClF3N5O2. The Hall–Kier alpha value is -2.82. The zero-order valence-corrected chi connectivity index (χ0v) is 17.0. The molecule has 1 N–H and O–H groups in total. The van der Waals surface area contributed by atoms with Crippen molar-refractivity contribution in [2.45, 2.75) is 18.7 Å². The number of Topliss-reactive ketones (excluding diaryl/α,β-unsaturated/α-hetero) is 1. The fourth-order valence-electron chi connectivity index (χ4n) is 3.12. The van der Waals surface area contributed by atoms with E-state index in [4.69, 9.17) is 4.74 Å². The summed E-state index contributed by atoms with van der Waals surface area (Å²) in [4.78, 5) is 19.2. The monoisotopic (exact) mass is 453 g/mol. The van der Waals surface area contributed by atoms with Crippen molar-refractivity contribution in [1.29, 1.82) is 0 Å². The first kappa shape index (κ1) is 22.9. The molecule has 1 fully saturated rings. The lowest BCUT2D eigenvalue weighted by atomic mass is 10.0. The van der Waals surface area contributed by atoms with Crippen LogP contribution < -0.4 is 5.32 Å². The topological polar surface area (TPSA) is 81.9 Å². The van der Waals surface area contributed by atoms with E-state index in [2.05, 4.69) is 20.4 Å². The summed E-state index contributed by atoms with van der Waals surface area (Å²) in [5.74, 6) is -1.58. The molecular weight excluding hydrogens is 435 g/mol. The molecule has 3 aromatic rings. The highest BCUT2D eigenvalue weighted by Crippen LogP contribution is 2.26. The second-order valence-electron chi connectivity index (χ2n) is 6.79. The smallest absolute Gasteiger partial charge is 0.371 e. The van der Waals surface area contributed by atoms with Crippen LogP contribution in [0.25, 0.3) is 5.82 Å². The average molecular weight is 454 g/mol. The lowest BCUT2D eigenvalue weighted by Crippen LogP contribution is -2.33. The van der Waals surface area contributed by atoms with Crippen LogP contribution in [0.15, 0.2) is 48.8 Å². The van der Waals surface area contributed by atoms with Crippen molar-refractivity contribution in [2.24, 2.45) is 0 Å². The van der Waals surface area contributed by atoms with E-state index in [1.807, 2.05) is 24.3 Å². The van der Waals surface area contributed by atoms with Crippen LogP contribution in [0.2, 0.25) is 0 Å². The Morgan fingerprint density at radius 2 is 1.97 bits per heavy atom. The van der Waals surface area contributed by atoms with E-state index in [-0.39, 0.29) is 42.2 Å². The van der Waals surface area contributed by atoms with Gasteiger partial charge in [-0.25, -0.2) is 14.6 Å². The molecule has 3 heterocycles. The first-order valence-corrected chi connectivity index (χ1v) is 9.31. The number of benzene rings is 1. The number of nitrogens with zero attached hydrogens (tertiary/aromatic N) is 4. The fraction of sp³-hybridized carbons (Fsp3) is 0.300. The van der Waals surface area contributed by atoms with E-state index >= 15 is 0 Å². The van der Waals surface area contributed by atoms with Crippen molar-refractivity contribution < 1.29 is 22.7 Å². The number of nitrogens with one attached hydrogen (secondary N) is 1. The summed E-state index contributed by atoms with van der Waals surface area (Å²) in [5, 5.41) is 7.34. The summed E-state index contributed by atoms with van der Waals surface area (Å²) in [6.07, 6.45) is -2.15. The summed E-state index contributed by atoms with van der Waals surface area (Å²) < 4.78 is 45.2. The van der Waals surface area contributed by atoms with Crippen LogP contribution in [0, 0.1) is 0 Å². The van der Waals surface area contributed by atoms with Crippen molar-refractivity contribution >= 4 is 18.2 Å². The molecule has 1 aliphatic heterocycles. The van der Waals surface area contributed by atoms with Crippen LogP contribution >= 0.6 is 12.4 Å². The third-order valence-corrected chi connectivity index (χ3v) is 4.65. The zero-order chi connectivity index (χ0) is 21.1. The zero-order valence-electron chi connectivity index (χ0n) is 16.2. The number of carbonyl (C=O) groups excluding carboxylic acids is 1. The molecule has 1 aliphatic rings. The molecule has 0 aliphatic carbocycles. The Morgan fingerprint density at radius 3 is 2.65 bits per heavy atom. The quantitative estimate of drug-likeness (QED) is 0.597. The normalized spacial score (nSPS) is 16.5. The minimum Gasteiger partial charge on any atom is -0.371 e. The van der Waals surface area contributed by atoms with Crippen LogP contribution in [0.1, 0.15) is 33.5 Å². The first-order chi connectivity index (χ1) is 14.4. The van der Waals surface area contributed by atoms with E-state index in [1.165, 1.54) is 18.3 Å². The Labute approximate surface area is 182 Å². The van der Waals surface area contributed by atoms with Crippen LogP contribution in [0.4, 0.5) is 13.2 Å². The van der Waals surface area contributed by atoms with Gasteiger partial charge < -0.3 is 10.1 Å². The first-order valence-electron chi connectivity index (χ1n) is 9.31. The number of alkyl halides is 3. The number of hydrogen-bond acceptors (Lipinski definition) is 6. The molecule has 0 amide bonds. The molecule has 4 rings (SSSR count). The average Bonchev–Trinajstić information content (AvgIpc) is 3.25. The van der Waals surface area contributed by atoms with Crippen molar-refractivity contribution in [3.8, 4) is 5.82 Å². The van der Waals surface area contributed by atoms with Gasteiger partial charge in [-0.05, 0) is 17.2 Å². The van der Waals surface area contributed by atoms with E-state index in [9.17, 15) is 18.0 Å². The van der Waals surface area contributed by atoms with Gasteiger partial charge in [0, 0.05) is 38.0 Å². The van der Waals surface area contributed by atoms with Crippen LogP contribution in [-0.2, 0) is 17.3 Å². The number of aromatic nitrogens is 4. The second kappa shape index (κ2) is 9.54. The molecule has 0 radical (unpaired) electrons. The highest BCUT2D eigenvalue weighted by atomic mass is 35.5. The molecule has 1 aromatic carbocycles. The number of ether oxygens (including phenoxy) is 1. The van der Waals surface area contributed by atoms with E-state index in [0.717, 1.165) is 35.1 Å². The van der Waals surface area contributed by atoms with E-state index in [0.29, 0.717) is 6.61 Å². The van der Waals surface area contributed by atoms with Crippen molar-refractivity contribution in [1.82, 2.24) is 25.1 Å². The van der Waals surface area contributed by atoms with Gasteiger partial charge in [0.15, 0.2) is 11.6 Å². The molecule has 164 valence electrons. The predicted molar refractivity (Wildman–Crippen MR) is 107 cm³/mol. The van der Waals surface area contributed by atoms with Gasteiger partial charge in [0.1, 0.15) is 5.69 Å². The molecule has 0 bridgehead atoms. The minimum absolute atomic E-state index is 0. The number of hydrogen-bond donors (Lipinski definition) is 1. The highest BCUT2D eigenvalue weighted by Gasteiger charge is 2.34. The fourth-order valence-corrected chi connectivity index (χ4v) is 3.12. The molecule has 1 saturated heterocycles. The highest BCUT2D eigenvalue weighted by molar-refractivity contribution is 5.95. The summed E-state index contributed by atoms with van der Waals surface area (Å²) in [7, 11) is 0. The molecule has 1 atom stereocenters. The van der Waals surface area contributed by atoms with Gasteiger partial charge in [-0.15, -0.1) is 12.4 Å². The van der Waals surface area contributed by atoms with Crippen LogP contribution in [0.3, 0.4) is 0 Å². The third-order valence-electron chi connectivity index (χ3n) is 4.65. The standard InChI is InChI=1S/C20H18F3N5O2.ClH/c21-20(22,23)19-25-7-5-18(26-19)28-9-6-15(27-28)16(29)11-13-1-3-14(4-2-13)17-12-24-8-10-30-17;/h1-7,9,17,24H,8,10-12H2;1H/t17-;/m1./s1. The minimum atomic E-state index is -4.66. The largest absolute Gasteiger partial charge is 0.451 e. The number of carbonyl (C=O) groups is 1. The van der Waals surface area contributed by atoms with E-state index in [1.54, 1.807) is 0 Å². The summed E-state index contributed by atoms with van der Waals surface area (Å²) in [5.41, 5.74) is 1.99. The number of rotatable bonds is 5. The van der Waals surface area contributed by atoms with Gasteiger partial charge >= 0.3 is 6.18 Å². The SMILES string of the molecule is Cl.O=C(Cc1ccc([C@H]2CNCCO2)cc1)c1ccn(-c2ccnc(C(F)(F)F)n2)n1. The van der Waals surface area contributed by atoms with Gasteiger partial charge in [-0.3, -0.25) is 4.79 Å². The van der Waals surface area contributed by atoms with Gasteiger partial charge in [0.2, 0.25) is 5.82 Å². The lowest BCUT2D eigenvalue weighted by molar-refractivity contribution is -0.145. The van der Waals surface area contributed by atoms with Crippen molar-refractivity contribution in [3.63, 3.8) is 0 Å². The molecule has 0 unspecified atom stereocenters. The van der Waals surface area contributed by atoms with Gasteiger partial charge in [-0.1, -0.05) is 24.3 Å². The molecule has 11 heteroatoms. The number of ketones is 1. The number of morpholine rings is 1. The molecule has 0 spiro atoms. The second-order valence-corrected chi connectivity index (χ2v) is 6.79. The lowest BCUT2D eigenvalue weighted by Gasteiger charge is -2.24. The molecule has 7 nitrogen and oxygen atoms in total. The van der Waals surface area contributed by atoms with Crippen LogP contribution in [-0.4, -0.2) is 45.2 Å². The Balaban J connectivity index is 0.00000272.